The van der Waals surface area contributed by atoms with Crippen molar-refractivity contribution in [3.63, 3.8) is 0 Å². The number of fused-ring (bicyclic) bond motifs is 1. The van der Waals surface area contributed by atoms with Crippen LogP contribution in [-0.2, 0) is 11.2 Å². The van der Waals surface area contributed by atoms with E-state index in [4.69, 9.17) is 9.52 Å². The van der Waals surface area contributed by atoms with Gasteiger partial charge in [-0.3, -0.25) is 4.79 Å². The lowest BCUT2D eigenvalue weighted by Crippen LogP contribution is -2.25. The van der Waals surface area contributed by atoms with Gasteiger partial charge < -0.3 is 14.4 Å². The molecule has 0 fully saturated rings. The van der Waals surface area contributed by atoms with Gasteiger partial charge in [0.1, 0.15) is 17.9 Å². The lowest BCUT2D eigenvalue weighted by atomic mass is 10.2. The molecule has 0 atom stereocenters. The Morgan fingerprint density at radius 3 is 2.88 bits per heavy atom. The fraction of sp³-hybridized carbons (Fsp3) is 0.308. The second-order valence-corrected chi connectivity index (χ2v) is 4.01. The van der Waals surface area contributed by atoms with E-state index in [-0.39, 0.29) is 6.54 Å². The van der Waals surface area contributed by atoms with E-state index < -0.39 is 5.97 Å². The molecule has 0 radical (unpaired) electrons. The molecule has 0 saturated heterocycles. The number of hydrogen-bond acceptors (Lipinski definition) is 3. The van der Waals surface area contributed by atoms with Gasteiger partial charge in [0, 0.05) is 24.5 Å². The number of aryl methyl sites for hydroxylation is 1. The molecule has 1 N–H and O–H groups in total. The first-order valence-electron chi connectivity index (χ1n) is 5.56. The highest BCUT2D eigenvalue weighted by Gasteiger charge is 2.12. The smallest absolute Gasteiger partial charge is 0.323 e. The summed E-state index contributed by atoms with van der Waals surface area (Å²) < 4.78 is 5.64. The quantitative estimate of drug-likeness (QED) is 0.881. The van der Waals surface area contributed by atoms with E-state index in [2.05, 4.69) is 0 Å². The number of benzene rings is 1. The summed E-state index contributed by atoms with van der Waals surface area (Å²) in [4.78, 5) is 12.4. The van der Waals surface area contributed by atoms with Crippen molar-refractivity contribution in [1.29, 1.82) is 0 Å². The maximum absolute atomic E-state index is 10.7. The lowest BCUT2D eigenvalue weighted by Gasteiger charge is -2.17. The molecule has 0 aliphatic carbocycles. The van der Waals surface area contributed by atoms with Gasteiger partial charge in [-0.15, -0.1) is 0 Å². The number of likely N-dealkylation sites (N-methyl/N-ethyl adjacent to an activating group) is 1. The van der Waals surface area contributed by atoms with Crippen molar-refractivity contribution in [2.24, 2.45) is 0 Å². The van der Waals surface area contributed by atoms with Crippen LogP contribution in [0.4, 0.5) is 5.69 Å². The highest BCUT2D eigenvalue weighted by molar-refractivity contribution is 5.92. The Morgan fingerprint density at radius 1 is 1.47 bits per heavy atom. The fourth-order valence-corrected chi connectivity index (χ4v) is 1.89. The number of carbonyl (C=O) groups is 1. The van der Waals surface area contributed by atoms with E-state index in [0.717, 1.165) is 28.8 Å². The lowest BCUT2D eigenvalue weighted by molar-refractivity contribution is -0.135. The van der Waals surface area contributed by atoms with Gasteiger partial charge >= 0.3 is 5.97 Å². The Hall–Kier alpha value is -1.97. The van der Waals surface area contributed by atoms with Crippen molar-refractivity contribution in [1.82, 2.24) is 0 Å². The standard InChI is InChI=1S/C13H15NO3/c1-3-9-7-10-11(14(2)8-13(15)16)5-4-6-12(10)17-9/h4-7H,3,8H2,1-2H3,(H,15,16). The molecule has 1 heterocycles. The molecule has 2 rings (SSSR count). The number of aliphatic carboxylic acids is 1. The minimum absolute atomic E-state index is 0.0221. The van der Waals surface area contributed by atoms with E-state index in [1.54, 1.807) is 11.9 Å². The zero-order chi connectivity index (χ0) is 12.4. The SMILES string of the molecule is CCc1cc2c(N(C)CC(=O)O)cccc2o1. The second-order valence-electron chi connectivity index (χ2n) is 4.01. The van der Waals surface area contributed by atoms with E-state index >= 15 is 0 Å². The van der Waals surface area contributed by atoms with Crippen LogP contribution in [0.25, 0.3) is 11.0 Å². The molecule has 4 nitrogen and oxygen atoms in total. The number of carboxylic acids is 1. The molecule has 0 bridgehead atoms. The van der Waals surface area contributed by atoms with Crippen molar-refractivity contribution in [3.8, 4) is 0 Å². The third-order valence-electron chi connectivity index (χ3n) is 2.72. The normalized spacial score (nSPS) is 10.7. The summed E-state index contributed by atoms with van der Waals surface area (Å²) >= 11 is 0. The van der Waals surface area contributed by atoms with Crippen molar-refractivity contribution in [3.05, 3.63) is 30.0 Å². The average molecular weight is 233 g/mol. The number of nitrogens with zero attached hydrogens (tertiary/aromatic N) is 1. The summed E-state index contributed by atoms with van der Waals surface area (Å²) in [6.45, 7) is 2.00. The Morgan fingerprint density at radius 2 is 2.24 bits per heavy atom. The Labute approximate surface area is 99.4 Å². The first kappa shape index (κ1) is 11.5. The van der Waals surface area contributed by atoms with Crippen molar-refractivity contribution in [2.75, 3.05) is 18.5 Å². The molecule has 0 unspecified atom stereocenters. The molecule has 1 aromatic carbocycles. The molecule has 0 aliphatic heterocycles. The van der Waals surface area contributed by atoms with Crippen LogP contribution < -0.4 is 4.90 Å². The van der Waals surface area contributed by atoms with Gasteiger partial charge in [0.15, 0.2) is 0 Å². The van der Waals surface area contributed by atoms with Crippen molar-refractivity contribution < 1.29 is 14.3 Å². The average Bonchev–Trinajstić information content (AvgIpc) is 2.70. The largest absolute Gasteiger partial charge is 0.480 e. The summed E-state index contributed by atoms with van der Waals surface area (Å²) in [6, 6.07) is 7.65. The van der Waals surface area contributed by atoms with Crippen molar-refractivity contribution >= 4 is 22.6 Å². The van der Waals surface area contributed by atoms with Gasteiger partial charge in [0.25, 0.3) is 0 Å². The van der Waals surface area contributed by atoms with Gasteiger partial charge in [0.2, 0.25) is 0 Å². The summed E-state index contributed by atoms with van der Waals surface area (Å²) in [5, 5.41) is 9.77. The van der Waals surface area contributed by atoms with Crippen LogP contribution in [0.2, 0.25) is 0 Å². The van der Waals surface area contributed by atoms with Crippen LogP contribution in [-0.4, -0.2) is 24.7 Å². The zero-order valence-corrected chi connectivity index (χ0v) is 9.93. The zero-order valence-electron chi connectivity index (χ0n) is 9.93. The first-order chi connectivity index (χ1) is 8.11. The van der Waals surface area contributed by atoms with Gasteiger partial charge in [-0.05, 0) is 18.2 Å². The van der Waals surface area contributed by atoms with Crippen LogP contribution in [0.1, 0.15) is 12.7 Å². The van der Waals surface area contributed by atoms with E-state index in [1.807, 2.05) is 31.2 Å². The Balaban J connectivity index is 2.45. The fourth-order valence-electron chi connectivity index (χ4n) is 1.89. The number of rotatable bonds is 4. The van der Waals surface area contributed by atoms with Crippen LogP contribution in [0.15, 0.2) is 28.7 Å². The number of anilines is 1. The molecule has 2 aromatic rings. The van der Waals surface area contributed by atoms with Crippen LogP contribution >= 0.6 is 0 Å². The van der Waals surface area contributed by atoms with Gasteiger partial charge in [-0.2, -0.15) is 0 Å². The second kappa shape index (κ2) is 4.49. The molecular weight excluding hydrogens is 218 g/mol. The minimum Gasteiger partial charge on any atom is -0.480 e. The monoisotopic (exact) mass is 233 g/mol. The molecule has 0 saturated carbocycles. The highest BCUT2D eigenvalue weighted by Crippen LogP contribution is 2.29. The molecular formula is C13H15NO3. The van der Waals surface area contributed by atoms with E-state index in [1.165, 1.54) is 0 Å². The molecule has 0 amide bonds. The maximum atomic E-state index is 10.7. The Bertz CT molecular complexity index is 545. The molecule has 4 heteroatoms. The molecule has 0 spiro atoms. The number of hydrogen-bond donors (Lipinski definition) is 1. The number of furan rings is 1. The Kier molecular flexibility index (Phi) is 3.04. The molecule has 0 aliphatic rings. The topological polar surface area (TPSA) is 53.7 Å². The van der Waals surface area contributed by atoms with Crippen molar-refractivity contribution in [2.45, 2.75) is 13.3 Å². The van der Waals surface area contributed by atoms with Gasteiger partial charge in [0.05, 0.1) is 0 Å². The highest BCUT2D eigenvalue weighted by atomic mass is 16.4. The predicted molar refractivity (Wildman–Crippen MR) is 66.5 cm³/mol. The number of carboxylic acid groups (broad SMARTS) is 1. The minimum atomic E-state index is -0.844. The van der Waals surface area contributed by atoms with Gasteiger partial charge in [-0.1, -0.05) is 13.0 Å². The third kappa shape index (κ3) is 2.25. The summed E-state index contributed by atoms with van der Waals surface area (Å²) in [7, 11) is 1.77. The van der Waals surface area contributed by atoms with Gasteiger partial charge in [-0.25, -0.2) is 0 Å². The van der Waals surface area contributed by atoms with E-state index in [9.17, 15) is 4.79 Å². The van der Waals surface area contributed by atoms with E-state index in [0.29, 0.717) is 0 Å². The van der Waals surface area contributed by atoms with Crippen LogP contribution in [0, 0.1) is 0 Å². The molecule has 17 heavy (non-hydrogen) atoms. The maximum Gasteiger partial charge on any atom is 0.323 e. The molecule has 90 valence electrons. The predicted octanol–water partition coefficient (Wildman–Crippen LogP) is 2.52. The van der Waals surface area contributed by atoms with Crippen LogP contribution in [0.3, 0.4) is 0 Å². The van der Waals surface area contributed by atoms with Crippen LogP contribution in [0.5, 0.6) is 0 Å². The summed E-state index contributed by atoms with van der Waals surface area (Å²) in [5.74, 6) is 0.0693. The molecule has 1 aromatic heterocycles. The third-order valence-corrected chi connectivity index (χ3v) is 2.72. The first-order valence-corrected chi connectivity index (χ1v) is 5.56. The summed E-state index contributed by atoms with van der Waals surface area (Å²) in [6.07, 6.45) is 0.830. The summed E-state index contributed by atoms with van der Waals surface area (Å²) in [5.41, 5.74) is 1.69.